The molecule has 4 heteroatoms. The van der Waals surface area contributed by atoms with Gasteiger partial charge in [0.25, 0.3) is 0 Å². The molecule has 0 aliphatic heterocycles. The minimum atomic E-state index is -1.04. The number of hydrogen-bond donors (Lipinski definition) is 2. The Morgan fingerprint density at radius 2 is 2.00 bits per heavy atom. The molecule has 0 amide bonds. The van der Waals surface area contributed by atoms with E-state index in [0.29, 0.717) is 17.4 Å². The molecular weight excluding hydrogens is 230 g/mol. The zero-order valence-corrected chi connectivity index (χ0v) is 11.6. The van der Waals surface area contributed by atoms with Gasteiger partial charge in [0, 0.05) is 0 Å². The Labute approximate surface area is 108 Å². The monoisotopic (exact) mass is 251 g/mol. The van der Waals surface area contributed by atoms with Crippen molar-refractivity contribution in [1.29, 1.82) is 0 Å². The summed E-state index contributed by atoms with van der Waals surface area (Å²) in [5, 5.41) is 12.1. The fraction of sp³-hybridized carbons (Fsp3) is 0.500. The fourth-order valence-electron chi connectivity index (χ4n) is 1.57. The lowest BCUT2D eigenvalue weighted by atomic mass is 10.0. The second-order valence-corrected chi connectivity index (χ2v) is 5.17. The molecule has 0 bridgehead atoms. The van der Waals surface area contributed by atoms with Crippen LogP contribution in [-0.4, -0.2) is 23.7 Å². The van der Waals surface area contributed by atoms with Crippen LogP contribution in [0, 0.1) is 0 Å². The first-order valence-electron chi connectivity index (χ1n) is 5.97. The molecule has 4 nitrogen and oxygen atoms in total. The zero-order chi connectivity index (χ0) is 13.9. The van der Waals surface area contributed by atoms with Crippen molar-refractivity contribution in [3.63, 3.8) is 0 Å². The van der Waals surface area contributed by atoms with Crippen LogP contribution >= 0.6 is 0 Å². The predicted molar refractivity (Wildman–Crippen MR) is 72.4 cm³/mol. The summed E-state index contributed by atoms with van der Waals surface area (Å²) in [5.74, 6) is 0.123. The van der Waals surface area contributed by atoms with E-state index >= 15 is 0 Å². The molecule has 2 N–H and O–H groups in total. The highest BCUT2D eigenvalue weighted by atomic mass is 16.5. The number of carbonyl (C=O) groups is 1. The van der Waals surface area contributed by atoms with E-state index in [2.05, 4.69) is 19.2 Å². The topological polar surface area (TPSA) is 58.6 Å². The average Bonchev–Trinajstić information content (AvgIpc) is 2.28. The number of hydrogen-bond acceptors (Lipinski definition) is 3. The molecule has 0 aromatic heterocycles. The van der Waals surface area contributed by atoms with Gasteiger partial charge in [0.2, 0.25) is 0 Å². The van der Waals surface area contributed by atoms with Crippen LogP contribution in [0.3, 0.4) is 0 Å². The smallest absolute Gasteiger partial charge is 0.328 e. The SMILES string of the molecule is COc1ccc(C(C)C)cc1NC(C)(C)C(=O)O. The Morgan fingerprint density at radius 1 is 1.39 bits per heavy atom. The summed E-state index contributed by atoms with van der Waals surface area (Å²) >= 11 is 0. The molecular formula is C14H21NO3. The van der Waals surface area contributed by atoms with Crippen molar-refractivity contribution in [2.75, 3.05) is 12.4 Å². The van der Waals surface area contributed by atoms with Gasteiger partial charge < -0.3 is 15.2 Å². The second kappa shape index (κ2) is 5.29. The van der Waals surface area contributed by atoms with Crippen LogP contribution in [0.15, 0.2) is 18.2 Å². The Balaban J connectivity index is 3.13. The van der Waals surface area contributed by atoms with Crippen LogP contribution in [-0.2, 0) is 4.79 Å². The Morgan fingerprint density at radius 3 is 2.44 bits per heavy atom. The Kier molecular flexibility index (Phi) is 4.22. The molecule has 100 valence electrons. The molecule has 0 atom stereocenters. The average molecular weight is 251 g/mol. The van der Waals surface area contributed by atoms with Crippen molar-refractivity contribution in [2.24, 2.45) is 0 Å². The molecule has 1 aromatic rings. The summed E-state index contributed by atoms with van der Waals surface area (Å²) in [4.78, 5) is 11.1. The van der Waals surface area contributed by atoms with E-state index in [4.69, 9.17) is 9.84 Å². The maximum Gasteiger partial charge on any atom is 0.328 e. The van der Waals surface area contributed by atoms with Crippen LogP contribution in [0.5, 0.6) is 5.75 Å². The predicted octanol–water partition coefficient (Wildman–Crippen LogP) is 3.09. The molecule has 0 saturated carbocycles. The van der Waals surface area contributed by atoms with E-state index in [1.807, 2.05) is 18.2 Å². The van der Waals surface area contributed by atoms with E-state index in [0.717, 1.165) is 5.56 Å². The molecule has 1 aromatic carbocycles. The van der Waals surface area contributed by atoms with Gasteiger partial charge in [0.15, 0.2) is 0 Å². The molecule has 0 saturated heterocycles. The first kappa shape index (κ1) is 14.4. The van der Waals surface area contributed by atoms with Gasteiger partial charge in [-0.1, -0.05) is 19.9 Å². The minimum absolute atomic E-state index is 0.379. The van der Waals surface area contributed by atoms with Crippen molar-refractivity contribution >= 4 is 11.7 Å². The van der Waals surface area contributed by atoms with Crippen molar-refractivity contribution in [3.05, 3.63) is 23.8 Å². The first-order chi connectivity index (χ1) is 8.27. The standard InChI is InChI=1S/C14H21NO3/c1-9(2)10-6-7-12(18-5)11(8-10)15-14(3,4)13(16)17/h6-9,15H,1-5H3,(H,16,17). The highest BCUT2D eigenvalue weighted by Crippen LogP contribution is 2.30. The highest BCUT2D eigenvalue weighted by Gasteiger charge is 2.27. The largest absolute Gasteiger partial charge is 0.495 e. The lowest BCUT2D eigenvalue weighted by Gasteiger charge is -2.24. The number of methoxy groups -OCH3 is 1. The van der Waals surface area contributed by atoms with Crippen LogP contribution in [0.4, 0.5) is 5.69 Å². The van der Waals surface area contributed by atoms with Gasteiger partial charge in [-0.3, -0.25) is 0 Å². The van der Waals surface area contributed by atoms with Crippen LogP contribution in [0.2, 0.25) is 0 Å². The molecule has 1 rings (SSSR count). The summed E-state index contributed by atoms with van der Waals surface area (Å²) < 4.78 is 5.25. The number of anilines is 1. The van der Waals surface area contributed by atoms with E-state index < -0.39 is 11.5 Å². The molecule has 0 aliphatic carbocycles. The molecule has 0 radical (unpaired) electrons. The summed E-state index contributed by atoms with van der Waals surface area (Å²) in [7, 11) is 1.57. The van der Waals surface area contributed by atoms with E-state index in [9.17, 15) is 4.79 Å². The van der Waals surface area contributed by atoms with Gasteiger partial charge in [-0.2, -0.15) is 0 Å². The third-order valence-electron chi connectivity index (χ3n) is 2.87. The Hall–Kier alpha value is -1.71. The molecule has 0 unspecified atom stereocenters. The maximum absolute atomic E-state index is 11.1. The van der Waals surface area contributed by atoms with Gasteiger partial charge in [-0.15, -0.1) is 0 Å². The molecule has 0 aliphatic rings. The fourth-order valence-corrected chi connectivity index (χ4v) is 1.57. The number of ether oxygens (including phenoxy) is 1. The van der Waals surface area contributed by atoms with E-state index in [-0.39, 0.29) is 0 Å². The number of rotatable bonds is 5. The number of carboxylic acids is 1. The van der Waals surface area contributed by atoms with Crippen molar-refractivity contribution in [2.45, 2.75) is 39.2 Å². The Bertz CT molecular complexity index is 439. The molecule has 0 fully saturated rings. The van der Waals surface area contributed by atoms with E-state index in [1.54, 1.807) is 21.0 Å². The van der Waals surface area contributed by atoms with E-state index in [1.165, 1.54) is 0 Å². The van der Waals surface area contributed by atoms with Gasteiger partial charge in [0.1, 0.15) is 11.3 Å². The summed E-state index contributed by atoms with van der Waals surface area (Å²) in [5.41, 5.74) is 0.804. The highest BCUT2D eigenvalue weighted by molar-refractivity contribution is 5.82. The zero-order valence-electron chi connectivity index (χ0n) is 11.6. The van der Waals surface area contributed by atoms with Gasteiger partial charge in [0.05, 0.1) is 12.8 Å². The van der Waals surface area contributed by atoms with Gasteiger partial charge >= 0.3 is 5.97 Å². The second-order valence-electron chi connectivity index (χ2n) is 5.17. The number of aliphatic carboxylic acids is 1. The molecule has 0 heterocycles. The van der Waals surface area contributed by atoms with Crippen LogP contribution < -0.4 is 10.1 Å². The molecule has 18 heavy (non-hydrogen) atoms. The van der Waals surface area contributed by atoms with Crippen molar-refractivity contribution in [3.8, 4) is 5.75 Å². The summed E-state index contributed by atoms with van der Waals surface area (Å²) in [6, 6.07) is 5.78. The summed E-state index contributed by atoms with van der Waals surface area (Å²) in [6.45, 7) is 7.43. The third-order valence-corrected chi connectivity index (χ3v) is 2.87. The maximum atomic E-state index is 11.1. The number of benzene rings is 1. The normalized spacial score (nSPS) is 11.4. The quantitative estimate of drug-likeness (QED) is 0.844. The van der Waals surface area contributed by atoms with Gasteiger partial charge in [-0.05, 0) is 37.5 Å². The van der Waals surface area contributed by atoms with Crippen LogP contribution in [0.25, 0.3) is 0 Å². The molecule has 0 spiro atoms. The van der Waals surface area contributed by atoms with Crippen LogP contribution in [0.1, 0.15) is 39.2 Å². The number of nitrogens with one attached hydrogen (secondary N) is 1. The van der Waals surface area contributed by atoms with Crippen molar-refractivity contribution < 1.29 is 14.6 Å². The van der Waals surface area contributed by atoms with Crippen molar-refractivity contribution in [1.82, 2.24) is 0 Å². The first-order valence-corrected chi connectivity index (χ1v) is 5.97. The lowest BCUT2D eigenvalue weighted by Crippen LogP contribution is -2.40. The number of carboxylic acid groups (broad SMARTS) is 1. The minimum Gasteiger partial charge on any atom is -0.495 e. The lowest BCUT2D eigenvalue weighted by molar-refractivity contribution is -0.141. The third kappa shape index (κ3) is 3.15. The van der Waals surface area contributed by atoms with Gasteiger partial charge in [-0.25, -0.2) is 4.79 Å². The summed E-state index contributed by atoms with van der Waals surface area (Å²) in [6.07, 6.45) is 0.